The minimum absolute atomic E-state index is 0.0756. The molecule has 9 nitrogen and oxygen atoms in total. The van der Waals surface area contributed by atoms with Crippen LogP contribution in [0.4, 0.5) is 5.82 Å². The van der Waals surface area contributed by atoms with Gasteiger partial charge in [0.1, 0.15) is 5.69 Å². The van der Waals surface area contributed by atoms with Gasteiger partial charge in [0.25, 0.3) is 5.91 Å². The van der Waals surface area contributed by atoms with Crippen LogP contribution in [0, 0.1) is 6.92 Å². The highest BCUT2D eigenvalue weighted by molar-refractivity contribution is 5.93. The van der Waals surface area contributed by atoms with Crippen LogP contribution in [-0.2, 0) is 4.79 Å². The zero-order valence-corrected chi connectivity index (χ0v) is 12.3. The fourth-order valence-electron chi connectivity index (χ4n) is 2.51. The van der Waals surface area contributed by atoms with Gasteiger partial charge < -0.3 is 10.2 Å². The molecule has 1 aliphatic heterocycles. The van der Waals surface area contributed by atoms with Gasteiger partial charge in [-0.15, -0.1) is 0 Å². The number of nitrogens with one attached hydrogen (secondary N) is 1. The third-order valence-electron chi connectivity index (χ3n) is 3.59. The van der Waals surface area contributed by atoms with Crippen molar-refractivity contribution < 1.29 is 14.2 Å². The van der Waals surface area contributed by atoms with E-state index < -0.39 is 0 Å². The van der Waals surface area contributed by atoms with Crippen molar-refractivity contribution in [1.82, 2.24) is 25.0 Å². The van der Waals surface area contributed by atoms with Crippen molar-refractivity contribution in [1.29, 1.82) is 0 Å². The Morgan fingerprint density at radius 3 is 2.91 bits per heavy atom. The van der Waals surface area contributed by atoms with Crippen molar-refractivity contribution in [2.24, 2.45) is 0 Å². The maximum atomic E-state index is 12.3. The Hall–Kier alpha value is -2.71. The molecule has 1 N–H and O–H groups in total. The number of aryl methyl sites for hydroxylation is 1. The van der Waals surface area contributed by atoms with E-state index in [4.69, 9.17) is 0 Å². The lowest BCUT2D eigenvalue weighted by molar-refractivity contribution is -0.114. The Bertz CT molecular complexity index is 706. The first-order chi connectivity index (χ1) is 10.5. The van der Waals surface area contributed by atoms with Crippen LogP contribution in [0.15, 0.2) is 16.9 Å². The normalized spacial score (nSPS) is 17.7. The highest BCUT2D eigenvalue weighted by Crippen LogP contribution is 2.23. The number of hydrogen-bond acceptors (Lipinski definition) is 6. The standard InChI is InChI=1S/C13H16N6O3/c1-8-12(17-22-16-8)13(21)18-5-3-10(7-18)19-6-4-11(15-19)14-9(2)20/h4,6,10H,3,5,7H2,1-2H3,(H,14,15,20)/t10-/m1/s1. The summed E-state index contributed by atoms with van der Waals surface area (Å²) in [6, 6.07) is 1.81. The van der Waals surface area contributed by atoms with Crippen molar-refractivity contribution in [3.05, 3.63) is 23.7 Å². The van der Waals surface area contributed by atoms with Crippen LogP contribution in [0.3, 0.4) is 0 Å². The number of anilines is 1. The molecule has 1 saturated heterocycles. The summed E-state index contributed by atoms with van der Waals surface area (Å²) in [7, 11) is 0. The molecular formula is C13H16N6O3. The predicted octanol–water partition coefficient (Wildman–Crippen LogP) is 0.620. The van der Waals surface area contributed by atoms with E-state index in [1.165, 1.54) is 6.92 Å². The summed E-state index contributed by atoms with van der Waals surface area (Å²) < 4.78 is 6.34. The lowest BCUT2D eigenvalue weighted by Gasteiger charge is -2.15. The second kappa shape index (κ2) is 5.58. The maximum absolute atomic E-state index is 12.3. The number of likely N-dealkylation sites (tertiary alicyclic amines) is 1. The molecule has 0 unspecified atom stereocenters. The van der Waals surface area contributed by atoms with E-state index in [-0.39, 0.29) is 23.6 Å². The molecule has 2 aromatic heterocycles. The van der Waals surface area contributed by atoms with Crippen molar-refractivity contribution >= 4 is 17.6 Å². The molecule has 1 atom stereocenters. The third-order valence-corrected chi connectivity index (χ3v) is 3.59. The van der Waals surface area contributed by atoms with Gasteiger partial charge in [0.15, 0.2) is 11.5 Å². The number of hydrogen-bond donors (Lipinski definition) is 1. The van der Waals surface area contributed by atoms with Crippen molar-refractivity contribution in [2.75, 3.05) is 18.4 Å². The molecule has 2 amide bonds. The molecule has 2 aromatic rings. The summed E-state index contributed by atoms with van der Waals surface area (Å²) in [4.78, 5) is 25.1. The summed E-state index contributed by atoms with van der Waals surface area (Å²) in [5.74, 6) is 0.159. The molecule has 1 fully saturated rings. The average Bonchev–Trinajstić information content (AvgIpc) is 3.16. The highest BCUT2D eigenvalue weighted by atomic mass is 16.6. The molecular weight excluding hydrogens is 288 g/mol. The highest BCUT2D eigenvalue weighted by Gasteiger charge is 2.31. The van der Waals surface area contributed by atoms with Gasteiger partial charge in [0, 0.05) is 32.3 Å². The molecule has 22 heavy (non-hydrogen) atoms. The average molecular weight is 304 g/mol. The number of rotatable bonds is 3. The number of nitrogens with zero attached hydrogens (tertiary/aromatic N) is 5. The monoisotopic (exact) mass is 304 g/mol. The number of carbonyl (C=O) groups excluding carboxylic acids is 2. The quantitative estimate of drug-likeness (QED) is 0.891. The lowest BCUT2D eigenvalue weighted by atomic mass is 10.3. The smallest absolute Gasteiger partial charge is 0.278 e. The maximum Gasteiger partial charge on any atom is 0.278 e. The van der Waals surface area contributed by atoms with Gasteiger partial charge in [0.2, 0.25) is 5.91 Å². The first kappa shape index (κ1) is 14.2. The molecule has 1 aliphatic rings. The topological polar surface area (TPSA) is 106 Å². The van der Waals surface area contributed by atoms with Crippen molar-refractivity contribution in [3.63, 3.8) is 0 Å². The van der Waals surface area contributed by atoms with Crippen LogP contribution in [0.25, 0.3) is 0 Å². The Morgan fingerprint density at radius 1 is 1.41 bits per heavy atom. The fourth-order valence-corrected chi connectivity index (χ4v) is 2.51. The molecule has 3 rings (SSSR count). The first-order valence-electron chi connectivity index (χ1n) is 6.96. The van der Waals surface area contributed by atoms with Gasteiger partial charge in [-0.2, -0.15) is 5.10 Å². The Labute approximate surface area is 126 Å². The lowest BCUT2D eigenvalue weighted by Crippen LogP contribution is -2.30. The Morgan fingerprint density at radius 2 is 2.23 bits per heavy atom. The van der Waals surface area contributed by atoms with Crippen LogP contribution in [-0.4, -0.2) is 49.9 Å². The number of aromatic nitrogens is 4. The molecule has 3 heterocycles. The molecule has 0 saturated carbocycles. The SMILES string of the molecule is CC(=O)Nc1ccn([C@@H]2CCN(C(=O)c3nonc3C)C2)n1. The van der Waals surface area contributed by atoms with Gasteiger partial charge in [-0.25, -0.2) is 4.63 Å². The number of carbonyl (C=O) groups is 2. The minimum Gasteiger partial charge on any atom is -0.335 e. The summed E-state index contributed by atoms with van der Waals surface area (Å²) in [6.07, 6.45) is 2.59. The minimum atomic E-state index is -0.185. The Balaban J connectivity index is 1.67. The fraction of sp³-hybridized carbons (Fsp3) is 0.462. The molecule has 0 aromatic carbocycles. The van der Waals surface area contributed by atoms with Gasteiger partial charge >= 0.3 is 0 Å². The zero-order chi connectivity index (χ0) is 15.7. The molecule has 0 aliphatic carbocycles. The van der Waals surface area contributed by atoms with E-state index in [0.717, 1.165) is 6.42 Å². The largest absolute Gasteiger partial charge is 0.335 e. The second-order valence-electron chi connectivity index (χ2n) is 5.25. The molecule has 0 bridgehead atoms. The second-order valence-corrected chi connectivity index (χ2v) is 5.25. The van der Waals surface area contributed by atoms with E-state index in [1.54, 1.807) is 28.8 Å². The molecule has 9 heteroatoms. The summed E-state index contributed by atoms with van der Waals surface area (Å²) in [5, 5.41) is 14.2. The predicted molar refractivity (Wildman–Crippen MR) is 75.1 cm³/mol. The molecule has 0 spiro atoms. The van der Waals surface area contributed by atoms with E-state index in [1.807, 2.05) is 0 Å². The molecule has 0 radical (unpaired) electrons. The van der Waals surface area contributed by atoms with Crippen LogP contribution in [0.2, 0.25) is 0 Å². The van der Waals surface area contributed by atoms with Crippen LogP contribution >= 0.6 is 0 Å². The van der Waals surface area contributed by atoms with Crippen LogP contribution in [0.5, 0.6) is 0 Å². The summed E-state index contributed by atoms with van der Waals surface area (Å²) >= 11 is 0. The van der Waals surface area contributed by atoms with Crippen molar-refractivity contribution in [2.45, 2.75) is 26.3 Å². The van der Waals surface area contributed by atoms with Gasteiger partial charge in [-0.3, -0.25) is 14.3 Å². The van der Waals surface area contributed by atoms with E-state index in [0.29, 0.717) is 24.6 Å². The Kier molecular flexibility index (Phi) is 3.61. The number of amides is 2. The van der Waals surface area contributed by atoms with E-state index in [9.17, 15) is 9.59 Å². The van der Waals surface area contributed by atoms with E-state index >= 15 is 0 Å². The third kappa shape index (κ3) is 2.69. The van der Waals surface area contributed by atoms with Gasteiger partial charge in [-0.1, -0.05) is 5.16 Å². The van der Waals surface area contributed by atoms with Crippen LogP contribution < -0.4 is 5.32 Å². The summed E-state index contributed by atoms with van der Waals surface area (Å²) in [6.45, 7) is 4.27. The zero-order valence-electron chi connectivity index (χ0n) is 12.3. The van der Waals surface area contributed by atoms with Gasteiger partial charge in [0.05, 0.1) is 6.04 Å². The van der Waals surface area contributed by atoms with E-state index in [2.05, 4.69) is 25.4 Å². The summed E-state index contributed by atoms with van der Waals surface area (Å²) in [5.41, 5.74) is 0.737. The van der Waals surface area contributed by atoms with Crippen LogP contribution in [0.1, 0.15) is 35.6 Å². The first-order valence-corrected chi connectivity index (χ1v) is 6.96. The van der Waals surface area contributed by atoms with Gasteiger partial charge in [-0.05, 0) is 18.5 Å². The molecule has 116 valence electrons. The van der Waals surface area contributed by atoms with Crippen molar-refractivity contribution in [3.8, 4) is 0 Å².